The number of furan rings is 1. The summed E-state index contributed by atoms with van der Waals surface area (Å²) in [7, 11) is 0. The van der Waals surface area contributed by atoms with E-state index in [1.165, 1.54) is 0 Å². The van der Waals surface area contributed by atoms with Gasteiger partial charge in [-0.15, -0.1) is 0 Å². The normalized spacial score (nSPS) is 16.0. The molecule has 1 aliphatic heterocycles. The third-order valence-electron chi connectivity index (χ3n) is 4.70. The summed E-state index contributed by atoms with van der Waals surface area (Å²) in [5.74, 6) is 2.25. The molecule has 4 heterocycles. The molecule has 3 aromatic rings. The van der Waals surface area contributed by atoms with Gasteiger partial charge < -0.3 is 9.32 Å². The predicted octanol–water partition coefficient (Wildman–Crippen LogP) is 3.17. The van der Waals surface area contributed by atoms with Gasteiger partial charge in [0.25, 0.3) is 5.91 Å². The minimum absolute atomic E-state index is 0.0113. The van der Waals surface area contributed by atoms with Crippen LogP contribution < -0.4 is 0 Å². The lowest BCUT2D eigenvalue weighted by molar-refractivity contribution is 0.0699. The summed E-state index contributed by atoms with van der Waals surface area (Å²) in [5.41, 5.74) is 1.92. The zero-order valence-corrected chi connectivity index (χ0v) is 13.9. The van der Waals surface area contributed by atoms with Crippen LogP contribution in [0.2, 0.25) is 0 Å². The van der Waals surface area contributed by atoms with E-state index >= 15 is 0 Å². The molecule has 6 heteroatoms. The molecule has 0 atom stereocenters. The van der Waals surface area contributed by atoms with Crippen LogP contribution in [0.4, 0.5) is 0 Å². The first kappa shape index (κ1) is 14.9. The molecule has 24 heavy (non-hydrogen) atoms. The Kier molecular flexibility index (Phi) is 3.59. The van der Waals surface area contributed by atoms with Gasteiger partial charge >= 0.3 is 0 Å². The summed E-state index contributed by atoms with van der Waals surface area (Å²) in [6.45, 7) is 5.73. The minimum atomic E-state index is 0.0113. The standard InChI is InChI=1S/C18H20N4O2/c1-12-6-9-21(10-7-12)18(23)14-11-20-22-15(5-8-19-17(14)22)16-4-3-13(2)24-16/h3-5,8,11-12H,6-7,9-10H2,1-2H3. The number of hydrogen-bond donors (Lipinski definition) is 0. The molecule has 4 rings (SSSR count). The number of amides is 1. The molecule has 0 N–H and O–H groups in total. The summed E-state index contributed by atoms with van der Waals surface area (Å²) in [4.78, 5) is 19.1. The highest BCUT2D eigenvalue weighted by atomic mass is 16.3. The largest absolute Gasteiger partial charge is 0.460 e. The lowest BCUT2D eigenvalue weighted by Gasteiger charge is -2.29. The number of nitrogens with zero attached hydrogens (tertiary/aromatic N) is 4. The van der Waals surface area contributed by atoms with E-state index in [1.807, 2.05) is 30.0 Å². The van der Waals surface area contributed by atoms with Crippen LogP contribution in [-0.4, -0.2) is 38.5 Å². The van der Waals surface area contributed by atoms with Crippen LogP contribution in [0.15, 0.2) is 35.0 Å². The molecular weight excluding hydrogens is 304 g/mol. The Balaban J connectivity index is 1.72. The van der Waals surface area contributed by atoms with Crippen LogP contribution >= 0.6 is 0 Å². The van der Waals surface area contributed by atoms with Crippen molar-refractivity contribution in [3.63, 3.8) is 0 Å². The Morgan fingerprint density at radius 2 is 2.04 bits per heavy atom. The number of carbonyl (C=O) groups is 1. The summed E-state index contributed by atoms with van der Waals surface area (Å²) in [6, 6.07) is 5.65. The summed E-state index contributed by atoms with van der Waals surface area (Å²) in [5, 5.41) is 4.38. The molecule has 6 nitrogen and oxygen atoms in total. The van der Waals surface area contributed by atoms with Crippen molar-refractivity contribution in [1.29, 1.82) is 0 Å². The fourth-order valence-corrected chi connectivity index (χ4v) is 3.18. The monoisotopic (exact) mass is 324 g/mol. The number of fused-ring (bicyclic) bond motifs is 1. The summed E-state index contributed by atoms with van der Waals surface area (Å²) < 4.78 is 7.37. The molecule has 1 fully saturated rings. The van der Waals surface area contributed by atoms with Crippen LogP contribution in [0.3, 0.4) is 0 Å². The van der Waals surface area contributed by atoms with Crippen molar-refractivity contribution in [3.8, 4) is 11.5 Å². The van der Waals surface area contributed by atoms with Gasteiger partial charge in [0, 0.05) is 19.3 Å². The molecule has 0 saturated carbocycles. The van der Waals surface area contributed by atoms with Gasteiger partial charge in [-0.3, -0.25) is 4.79 Å². The number of aromatic nitrogens is 3. The van der Waals surface area contributed by atoms with Crippen LogP contribution in [0.1, 0.15) is 35.9 Å². The Bertz CT molecular complexity index is 887. The highest BCUT2D eigenvalue weighted by molar-refractivity contribution is 5.99. The second-order valence-electron chi connectivity index (χ2n) is 6.51. The summed E-state index contributed by atoms with van der Waals surface area (Å²) in [6.07, 6.45) is 5.41. The van der Waals surface area contributed by atoms with Crippen molar-refractivity contribution in [1.82, 2.24) is 19.5 Å². The van der Waals surface area contributed by atoms with E-state index in [4.69, 9.17) is 4.42 Å². The Labute approximate surface area is 140 Å². The van der Waals surface area contributed by atoms with Crippen molar-refractivity contribution < 1.29 is 9.21 Å². The van der Waals surface area contributed by atoms with Gasteiger partial charge in [0.2, 0.25) is 0 Å². The van der Waals surface area contributed by atoms with Crippen molar-refractivity contribution in [3.05, 3.63) is 41.9 Å². The lowest BCUT2D eigenvalue weighted by atomic mass is 9.99. The molecule has 0 bridgehead atoms. The van der Waals surface area contributed by atoms with E-state index in [-0.39, 0.29) is 5.91 Å². The number of carbonyl (C=O) groups excluding carboxylic acids is 1. The quantitative estimate of drug-likeness (QED) is 0.726. The predicted molar refractivity (Wildman–Crippen MR) is 89.7 cm³/mol. The number of hydrogen-bond acceptors (Lipinski definition) is 4. The SMILES string of the molecule is Cc1ccc(-c2ccnc3c(C(=O)N4CCC(C)CC4)cnn23)o1. The second kappa shape index (κ2) is 5.78. The maximum Gasteiger partial charge on any atom is 0.259 e. The number of likely N-dealkylation sites (tertiary alicyclic amines) is 1. The van der Waals surface area contributed by atoms with Gasteiger partial charge in [-0.1, -0.05) is 6.92 Å². The average Bonchev–Trinajstić information content (AvgIpc) is 3.21. The molecule has 0 aromatic carbocycles. The van der Waals surface area contributed by atoms with Crippen LogP contribution in [0, 0.1) is 12.8 Å². The third kappa shape index (κ3) is 2.48. The second-order valence-corrected chi connectivity index (χ2v) is 6.51. The maximum absolute atomic E-state index is 12.8. The third-order valence-corrected chi connectivity index (χ3v) is 4.70. The van der Waals surface area contributed by atoms with Crippen molar-refractivity contribution in [2.75, 3.05) is 13.1 Å². The zero-order chi connectivity index (χ0) is 16.7. The fourth-order valence-electron chi connectivity index (χ4n) is 3.18. The molecule has 0 unspecified atom stereocenters. The molecule has 0 spiro atoms. The van der Waals surface area contributed by atoms with Gasteiger partial charge in [-0.05, 0) is 43.9 Å². The molecule has 0 radical (unpaired) electrons. The molecule has 3 aromatic heterocycles. The lowest BCUT2D eigenvalue weighted by Crippen LogP contribution is -2.37. The number of piperidine rings is 1. The summed E-state index contributed by atoms with van der Waals surface area (Å²) >= 11 is 0. The van der Waals surface area contributed by atoms with E-state index < -0.39 is 0 Å². The van der Waals surface area contributed by atoms with Crippen LogP contribution in [0.25, 0.3) is 17.1 Å². The van der Waals surface area contributed by atoms with E-state index in [2.05, 4.69) is 17.0 Å². The van der Waals surface area contributed by atoms with Gasteiger partial charge in [0.1, 0.15) is 17.0 Å². The zero-order valence-electron chi connectivity index (χ0n) is 13.9. The van der Waals surface area contributed by atoms with Crippen molar-refractivity contribution >= 4 is 11.6 Å². The van der Waals surface area contributed by atoms with Gasteiger partial charge in [-0.2, -0.15) is 5.10 Å². The highest BCUT2D eigenvalue weighted by Gasteiger charge is 2.25. The van der Waals surface area contributed by atoms with Crippen LogP contribution in [-0.2, 0) is 0 Å². The topological polar surface area (TPSA) is 63.6 Å². The fraction of sp³-hybridized carbons (Fsp3) is 0.389. The van der Waals surface area contributed by atoms with Crippen LogP contribution in [0.5, 0.6) is 0 Å². The Morgan fingerprint density at radius 1 is 1.25 bits per heavy atom. The molecule has 1 aliphatic rings. The first-order valence-electron chi connectivity index (χ1n) is 8.32. The molecular formula is C18H20N4O2. The highest BCUT2D eigenvalue weighted by Crippen LogP contribution is 2.24. The number of rotatable bonds is 2. The van der Waals surface area contributed by atoms with E-state index in [0.29, 0.717) is 22.9 Å². The van der Waals surface area contributed by atoms with E-state index in [9.17, 15) is 4.79 Å². The Morgan fingerprint density at radius 3 is 2.75 bits per heavy atom. The molecule has 1 saturated heterocycles. The maximum atomic E-state index is 12.8. The Hall–Kier alpha value is -2.63. The molecule has 124 valence electrons. The smallest absolute Gasteiger partial charge is 0.259 e. The average molecular weight is 324 g/mol. The van der Waals surface area contributed by atoms with E-state index in [1.54, 1.807) is 16.9 Å². The molecule has 0 aliphatic carbocycles. The minimum Gasteiger partial charge on any atom is -0.460 e. The first-order chi connectivity index (χ1) is 11.6. The molecule has 1 amide bonds. The van der Waals surface area contributed by atoms with Gasteiger partial charge in [-0.25, -0.2) is 9.50 Å². The van der Waals surface area contributed by atoms with Gasteiger partial charge in [0.15, 0.2) is 11.4 Å². The number of aryl methyl sites for hydroxylation is 1. The van der Waals surface area contributed by atoms with E-state index in [0.717, 1.165) is 37.4 Å². The van der Waals surface area contributed by atoms with Crippen molar-refractivity contribution in [2.45, 2.75) is 26.7 Å². The van der Waals surface area contributed by atoms with Gasteiger partial charge in [0.05, 0.1) is 6.20 Å². The first-order valence-corrected chi connectivity index (χ1v) is 8.32. The van der Waals surface area contributed by atoms with Crippen molar-refractivity contribution in [2.24, 2.45) is 5.92 Å².